The van der Waals surface area contributed by atoms with Crippen molar-refractivity contribution in [3.63, 3.8) is 0 Å². The number of amides is 3. The molecule has 0 unspecified atom stereocenters. The van der Waals surface area contributed by atoms with E-state index in [4.69, 9.17) is 5.73 Å². The Morgan fingerprint density at radius 1 is 1.19 bits per heavy atom. The first-order chi connectivity index (χ1) is 9.99. The van der Waals surface area contributed by atoms with Crippen molar-refractivity contribution in [2.24, 2.45) is 5.73 Å². The maximum Gasteiger partial charge on any atom is 0.314 e. The van der Waals surface area contributed by atoms with Gasteiger partial charge in [0, 0.05) is 20.1 Å². The Kier molecular flexibility index (Phi) is 7.25. The smallest absolute Gasteiger partial charge is 0.314 e. The summed E-state index contributed by atoms with van der Waals surface area (Å²) in [7, 11) is 3.55. The summed E-state index contributed by atoms with van der Waals surface area (Å²) in [6, 6.07) is 9.64. The van der Waals surface area contributed by atoms with Gasteiger partial charge in [0.05, 0.1) is 0 Å². The Bertz CT molecular complexity index is 450. The lowest BCUT2D eigenvalue weighted by Crippen LogP contribution is -2.41. The highest BCUT2D eigenvalue weighted by Crippen LogP contribution is 2.02. The zero-order chi connectivity index (χ0) is 15.7. The minimum atomic E-state index is -0.604. The average Bonchev–Trinajstić information content (AvgIpc) is 2.44. The molecule has 0 saturated heterocycles. The van der Waals surface area contributed by atoms with Crippen LogP contribution in [0.25, 0.3) is 0 Å². The summed E-state index contributed by atoms with van der Waals surface area (Å²) in [6.45, 7) is 2.36. The van der Waals surface area contributed by atoms with E-state index in [0.29, 0.717) is 6.54 Å². The van der Waals surface area contributed by atoms with Crippen LogP contribution in [-0.2, 0) is 11.3 Å². The first-order valence-corrected chi connectivity index (χ1v) is 6.98. The average molecular weight is 292 g/mol. The molecule has 21 heavy (non-hydrogen) atoms. The van der Waals surface area contributed by atoms with Crippen molar-refractivity contribution in [3.8, 4) is 0 Å². The molecule has 3 amide bonds. The lowest BCUT2D eigenvalue weighted by atomic mass is 10.2. The SMILES string of the molecule is CN(CCCNC(=O)CN(C)C(N)=O)Cc1ccccc1. The third kappa shape index (κ3) is 7.31. The molecule has 6 heteroatoms. The van der Waals surface area contributed by atoms with E-state index in [2.05, 4.69) is 29.4 Å². The molecule has 0 aliphatic carbocycles. The third-order valence-electron chi connectivity index (χ3n) is 3.09. The van der Waals surface area contributed by atoms with Gasteiger partial charge in [-0.05, 0) is 25.6 Å². The number of carbonyl (C=O) groups is 2. The van der Waals surface area contributed by atoms with Crippen LogP contribution >= 0.6 is 0 Å². The Balaban J connectivity index is 2.13. The van der Waals surface area contributed by atoms with Gasteiger partial charge < -0.3 is 20.9 Å². The minimum absolute atomic E-state index is 0.00477. The number of hydrogen-bond donors (Lipinski definition) is 2. The van der Waals surface area contributed by atoms with Crippen LogP contribution in [0.3, 0.4) is 0 Å². The van der Waals surface area contributed by atoms with Crippen molar-refractivity contribution in [2.45, 2.75) is 13.0 Å². The van der Waals surface area contributed by atoms with E-state index in [1.165, 1.54) is 17.5 Å². The summed E-state index contributed by atoms with van der Waals surface area (Å²) in [6.07, 6.45) is 0.857. The predicted octanol–water partition coefficient (Wildman–Crippen LogP) is 0.635. The summed E-state index contributed by atoms with van der Waals surface area (Å²) >= 11 is 0. The highest BCUT2D eigenvalue weighted by atomic mass is 16.2. The van der Waals surface area contributed by atoms with Gasteiger partial charge in [-0.1, -0.05) is 30.3 Å². The normalized spacial score (nSPS) is 10.4. The van der Waals surface area contributed by atoms with E-state index in [-0.39, 0.29) is 12.5 Å². The van der Waals surface area contributed by atoms with Crippen LogP contribution in [-0.4, -0.2) is 55.5 Å². The zero-order valence-corrected chi connectivity index (χ0v) is 12.7. The number of benzene rings is 1. The Morgan fingerprint density at radius 3 is 2.48 bits per heavy atom. The minimum Gasteiger partial charge on any atom is -0.355 e. The summed E-state index contributed by atoms with van der Waals surface area (Å²) in [4.78, 5) is 25.7. The maximum atomic E-state index is 11.5. The van der Waals surface area contributed by atoms with Gasteiger partial charge in [0.2, 0.25) is 5.91 Å². The second-order valence-corrected chi connectivity index (χ2v) is 5.12. The number of likely N-dealkylation sites (N-methyl/N-ethyl adjacent to an activating group) is 1. The molecule has 0 saturated carbocycles. The molecule has 0 aliphatic rings. The van der Waals surface area contributed by atoms with Gasteiger partial charge in [-0.2, -0.15) is 0 Å². The van der Waals surface area contributed by atoms with Crippen LogP contribution in [0.1, 0.15) is 12.0 Å². The van der Waals surface area contributed by atoms with Crippen LogP contribution < -0.4 is 11.1 Å². The summed E-state index contributed by atoms with van der Waals surface area (Å²) in [5.41, 5.74) is 6.32. The second-order valence-electron chi connectivity index (χ2n) is 5.12. The lowest BCUT2D eigenvalue weighted by Gasteiger charge is -2.17. The monoisotopic (exact) mass is 292 g/mol. The van der Waals surface area contributed by atoms with E-state index in [1.54, 1.807) is 0 Å². The van der Waals surface area contributed by atoms with Crippen LogP contribution in [0, 0.1) is 0 Å². The van der Waals surface area contributed by atoms with Crippen molar-refractivity contribution < 1.29 is 9.59 Å². The lowest BCUT2D eigenvalue weighted by molar-refractivity contribution is -0.121. The number of nitrogens with two attached hydrogens (primary N) is 1. The highest BCUT2D eigenvalue weighted by molar-refractivity contribution is 5.83. The maximum absolute atomic E-state index is 11.5. The van der Waals surface area contributed by atoms with Gasteiger partial charge in [0.25, 0.3) is 0 Å². The number of rotatable bonds is 8. The van der Waals surface area contributed by atoms with Gasteiger partial charge in [-0.15, -0.1) is 0 Å². The number of nitrogens with one attached hydrogen (secondary N) is 1. The molecule has 1 rings (SSSR count). The van der Waals surface area contributed by atoms with Crippen LogP contribution in [0.4, 0.5) is 4.79 Å². The van der Waals surface area contributed by atoms with E-state index < -0.39 is 6.03 Å². The van der Waals surface area contributed by atoms with Gasteiger partial charge in [-0.25, -0.2) is 4.79 Å². The molecule has 0 fully saturated rings. The summed E-state index contributed by atoms with van der Waals surface area (Å²) in [5.74, 6) is -0.193. The molecule has 0 bridgehead atoms. The molecule has 1 aromatic rings. The second kappa shape index (κ2) is 8.97. The van der Waals surface area contributed by atoms with Crippen LogP contribution in [0.2, 0.25) is 0 Å². The number of urea groups is 1. The molecule has 0 aromatic heterocycles. The standard InChI is InChI=1S/C15H24N4O2/c1-18(11-13-7-4-3-5-8-13)10-6-9-17-14(20)12-19(2)15(16)21/h3-5,7-8H,6,9-12H2,1-2H3,(H2,16,21)(H,17,20). The summed E-state index contributed by atoms with van der Waals surface area (Å²) in [5, 5.41) is 2.77. The largest absolute Gasteiger partial charge is 0.355 e. The van der Waals surface area contributed by atoms with Gasteiger partial charge >= 0.3 is 6.03 Å². The van der Waals surface area contributed by atoms with Crippen LogP contribution in [0.15, 0.2) is 30.3 Å². The van der Waals surface area contributed by atoms with Crippen molar-refractivity contribution in [3.05, 3.63) is 35.9 Å². The molecule has 0 spiro atoms. The molecule has 0 atom stereocenters. The Hall–Kier alpha value is -2.08. The number of primary amides is 1. The molecule has 116 valence electrons. The van der Waals surface area contributed by atoms with E-state index in [9.17, 15) is 9.59 Å². The van der Waals surface area contributed by atoms with Crippen molar-refractivity contribution in [2.75, 3.05) is 33.7 Å². The Morgan fingerprint density at radius 2 is 1.86 bits per heavy atom. The number of nitrogens with zero attached hydrogens (tertiary/aromatic N) is 2. The molecule has 3 N–H and O–H groups in total. The van der Waals surface area contributed by atoms with Crippen molar-refractivity contribution in [1.82, 2.24) is 15.1 Å². The topological polar surface area (TPSA) is 78.7 Å². The molecule has 0 aliphatic heterocycles. The first-order valence-electron chi connectivity index (χ1n) is 6.98. The predicted molar refractivity (Wildman–Crippen MR) is 82.6 cm³/mol. The molecule has 1 aromatic carbocycles. The molecule has 6 nitrogen and oxygen atoms in total. The van der Waals surface area contributed by atoms with Crippen molar-refractivity contribution in [1.29, 1.82) is 0 Å². The van der Waals surface area contributed by atoms with Gasteiger partial charge in [0.15, 0.2) is 0 Å². The number of hydrogen-bond acceptors (Lipinski definition) is 3. The fourth-order valence-corrected chi connectivity index (χ4v) is 1.90. The molecule has 0 heterocycles. The fourth-order valence-electron chi connectivity index (χ4n) is 1.90. The van der Waals surface area contributed by atoms with E-state index in [1.807, 2.05) is 18.2 Å². The number of carbonyl (C=O) groups excluding carboxylic acids is 2. The van der Waals surface area contributed by atoms with Crippen molar-refractivity contribution >= 4 is 11.9 Å². The zero-order valence-electron chi connectivity index (χ0n) is 12.7. The quantitative estimate of drug-likeness (QED) is 0.690. The molecular weight excluding hydrogens is 268 g/mol. The highest BCUT2D eigenvalue weighted by Gasteiger charge is 2.08. The molecule has 0 radical (unpaired) electrons. The van der Waals surface area contributed by atoms with Gasteiger partial charge in [-0.3, -0.25) is 4.79 Å². The van der Waals surface area contributed by atoms with E-state index in [0.717, 1.165) is 19.5 Å². The molecular formula is C15H24N4O2. The summed E-state index contributed by atoms with van der Waals surface area (Å²) < 4.78 is 0. The fraction of sp³-hybridized carbons (Fsp3) is 0.467. The van der Waals surface area contributed by atoms with E-state index >= 15 is 0 Å². The third-order valence-corrected chi connectivity index (χ3v) is 3.09. The first kappa shape index (κ1) is 17.0. The van der Waals surface area contributed by atoms with Crippen LogP contribution in [0.5, 0.6) is 0 Å². The Labute approximate surface area is 125 Å². The van der Waals surface area contributed by atoms with Gasteiger partial charge in [0.1, 0.15) is 6.54 Å².